The number of rotatable bonds is 6. The van der Waals surface area contributed by atoms with Crippen LogP contribution in [0.5, 0.6) is 0 Å². The van der Waals surface area contributed by atoms with Crippen LogP contribution in [0.15, 0.2) is 28.9 Å². The van der Waals surface area contributed by atoms with Crippen molar-refractivity contribution in [1.82, 2.24) is 4.57 Å². The summed E-state index contributed by atoms with van der Waals surface area (Å²) in [5.41, 5.74) is 1.85. The summed E-state index contributed by atoms with van der Waals surface area (Å²) in [7, 11) is 0. The predicted octanol–water partition coefficient (Wildman–Crippen LogP) is 5.08. The van der Waals surface area contributed by atoms with E-state index in [1.807, 2.05) is 35.9 Å². The molecule has 25 heavy (non-hydrogen) atoms. The Bertz CT molecular complexity index is 735. The Balaban J connectivity index is 1.81. The molecule has 1 heterocycles. The first kappa shape index (κ1) is 18.5. The standard InChI is InChI=1S/C20H27BrN2O2/c1-2-15(24)12-23-13-17(20-16(21)9-6-10-18(20)23)22-19(25)11-14-7-4-3-5-8-14/h6,9-10,13-15,24H,2-5,7-8,11-12H2,1H3,(H,22,25). The van der Waals surface area contributed by atoms with Crippen molar-refractivity contribution >= 4 is 38.4 Å². The van der Waals surface area contributed by atoms with Crippen LogP contribution in [0.25, 0.3) is 10.9 Å². The molecule has 0 bridgehead atoms. The summed E-state index contributed by atoms with van der Waals surface area (Å²) in [6.07, 6.45) is 9.01. The second-order valence-electron chi connectivity index (χ2n) is 7.15. The molecule has 1 aliphatic carbocycles. The summed E-state index contributed by atoms with van der Waals surface area (Å²) in [5, 5.41) is 14.1. The minimum absolute atomic E-state index is 0.0951. The van der Waals surface area contributed by atoms with E-state index < -0.39 is 0 Å². The fraction of sp³-hybridized carbons (Fsp3) is 0.550. The summed E-state index contributed by atoms with van der Waals surface area (Å²) in [4.78, 5) is 12.5. The molecule has 0 saturated heterocycles. The molecule has 1 amide bonds. The molecule has 1 aromatic heterocycles. The Kier molecular flexibility index (Phi) is 6.18. The van der Waals surface area contributed by atoms with Crippen molar-refractivity contribution in [1.29, 1.82) is 0 Å². The zero-order valence-electron chi connectivity index (χ0n) is 14.8. The van der Waals surface area contributed by atoms with Gasteiger partial charge in [0, 0.05) is 29.0 Å². The monoisotopic (exact) mass is 406 g/mol. The van der Waals surface area contributed by atoms with Crippen LogP contribution >= 0.6 is 15.9 Å². The number of fused-ring (bicyclic) bond motifs is 1. The van der Waals surface area contributed by atoms with E-state index in [4.69, 9.17) is 0 Å². The lowest BCUT2D eigenvalue weighted by atomic mass is 9.87. The van der Waals surface area contributed by atoms with Gasteiger partial charge in [0.2, 0.25) is 5.91 Å². The number of amides is 1. The number of hydrogen-bond donors (Lipinski definition) is 2. The molecule has 1 saturated carbocycles. The summed E-state index contributed by atoms with van der Waals surface area (Å²) in [6, 6.07) is 5.99. The van der Waals surface area contributed by atoms with E-state index in [1.54, 1.807) is 0 Å². The lowest BCUT2D eigenvalue weighted by Gasteiger charge is -2.20. The van der Waals surface area contributed by atoms with Gasteiger partial charge in [-0.15, -0.1) is 0 Å². The number of aliphatic hydroxyl groups excluding tert-OH is 1. The van der Waals surface area contributed by atoms with Gasteiger partial charge in [0.15, 0.2) is 0 Å². The molecule has 1 unspecified atom stereocenters. The van der Waals surface area contributed by atoms with Crippen molar-refractivity contribution in [2.24, 2.45) is 5.92 Å². The topological polar surface area (TPSA) is 54.3 Å². The average Bonchev–Trinajstić information content (AvgIpc) is 2.94. The maximum atomic E-state index is 12.5. The summed E-state index contributed by atoms with van der Waals surface area (Å²) in [6.45, 7) is 2.50. The molecule has 1 aromatic carbocycles. The number of nitrogens with one attached hydrogen (secondary N) is 1. The first-order valence-electron chi connectivity index (χ1n) is 9.33. The van der Waals surface area contributed by atoms with E-state index in [0.717, 1.165) is 21.1 Å². The maximum Gasteiger partial charge on any atom is 0.224 e. The molecule has 3 rings (SSSR count). The summed E-state index contributed by atoms with van der Waals surface area (Å²) < 4.78 is 2.99. The van der Waals surface area contributed by atoms with Crippen LogP contribution in [0.4, 0.5) is 5.69 Å². The highest BCUT2D eigenvalue weighted by Gasteiger charge is 2.19. The quantitative estimate of drug-likeness (QED) is 0.702. The van der Waals surface area contributed by atoms with Crippen LogP contribution in [-0.4, -0.2) is 21.7 Å². The van der Waals surface area contributed by atoms with E-state index >= 15 is 0 Å². The number of halogens is 1. The Hall–Kier alpha value is -1.33. The third-order valence-electron chi connectivity index (χ3n) is 5.21. The predicted molar refractivity (Wildman–Crippen MR) is 106 cm³/mol. The smallest absolute Gasteiger partial charge is 0.224 e. The van der Waals surface area contributed by atoms with E-state index in [-0.39, 0.29) is 12.0 Å². The van der Waals surface area contributed by atoms with E-state index in [2.05, 4.69) is 21.2 Å². The maximum absolute atomic E-state index is 12.5. The Morgan fingerprint density at radius 1 is 1.36 bits per heavy atom. The van der Waals surface area contributed by atoms with Crippen LogP contribution in [0.1, 0.15) is 51.9 Å². The van der Waals surface area contributed by atoms with Gasteiger partial charge in [0.25, 0.3) is 0 Å². The highest BCUT2D eigenvalue weighted by Crippen LogP contribution is 2.34. The Morgan fingerprint density at radius 3 is 2.84 bits per heavy atom. The molecule has 2 aromatic rings. The van der Waals surface area contributed by atoms with Gasteiger partial charge in [0.1, 0.15) is 0 Å². The number of carbonyl (C=O) groups is 1. The number of carbonyl (C=O) groups excluding carboxylic acids is 1. The van der Waals surface area contributed by atoms with Gasteiger partial charge < -0.3 is 15.0 Å². The molecule has 1 aliphatic rings. The molecule has 1 atom stereocenters. The van der Waals surface area contributed by atoms with Crippen molar-refractivity contribution in [3.8, 4) is 0 Å². The fourth-order valence-corrected chi connectivity index (χ4v) is 4.33. The summed E-state index contributed by atoms with van der Waals surface area (Å²) in [5.74, 6) is 0.616. The molecule has 0 aliphatic heterocycles. The van der Waals surface area contributed by atoms with Gasteiger partial charge in [-0.3, -0.25) is 4.79 Å². The fourth-order valence-electron chi connectivity index (χ4n) is 3.77. The normalized spacial score (nSPS) is 16.9. The van der Waals surface area contributed by atoms with Crippen LogP contribution in [0.3, 0.4) is 0 Å². The van der Waals surface area contributed by atoms with Gasteiger partial charge in [-0.25, -0.2) is 0 Å². The largest absolute Gasteiger partial charge is 0.391 e. The zero-order valence-corrected chi connectivity index (χ0v) is 16.4. The number of aliphatic hydroxyl groups is 1. The van der Waals surface area contributed by atoms with Crippen LogP contribution in [0.2, 0.25) is 0 Å². The molecule has 2 N–H and O–H groups in total. The number of nitrogens with zero attached hydrogens (tertiary/aromatic N) is 1. The first-order chi connectivity index (χ1) is 12.1. The number of benzene rings is 1. The Labute approximate surface area is 157 Å². The van der Waals surface area contributed by atoms with Crippen LogP contribution < -0.4 is 5.32 Å². The third kappa shape index (κ3) is 4.45. The second-order valence-corrected chi connectivity index (χ2v) is 8.00. The van der Waals surface area contributed by atoms with Crippen molar-refractivity contribution in [3.05, 3.63) is 28.9 Å². The second kappa shape index (κ2) is 8.37. The SMILES string of the molecule is CCC(O)Cn1cc(NC(=O)CC2CCCCC2)c2c(Br)cccc21. The average molecular weight is 407 g/mol. The highest BCUT2D eigenvalue weighted by atomic mass is 79.9. The van der Waals surface area contributed by atoms with Crippen molar-refractivity contribution in [2.45, 2.75) is 64.5 Å². The Morgan fingerprint density at radius 2 is 2.12 bits per heavy atom. The number of aromatic nitrogens is 1. The van der Waals surface area contributed by atoms with E-state index in [1.165, 1.54) is 32.1 Å². The van der Waals surface area contributed by atoms with Gasteiger partial charge in [-0.1, -0.05) is 48.2 Å². The van der Waals surface area contributed by atoms with Crippen molar-refractivity contribution in [2.75, 3.05) is 5.32 Å². The number of anilines is 1. The van der Waals surface area contributed by atoms with Crippen molar-refractivity contribution < 1.29 is 9.90 Å². The molecule has 5 heteroatoms. The number of hydrogen-bond acceptors (Lipinski definition) is 2. The first-order valence-corrected chi connectivity index (χ1v) is 10.1. The highest BCUT2D eigenvalue weighted by molar-refractivity contribution is 9.10. The third-order valence-corrected chi connectivity index (χ3v) is 5.87. The molecule has 1 fully saturated rings. The van der Waals surface area contributed by atoms with Gasteiger partial charge in [0.05, 0.1) is 17.3 Å². The molecule has 0 spiro atoms. The van der Waals surface area contributed by atoms with Crippen LogP contribution in [-0.2, 0) is 11.3 Å². The minimum Gasteiger partial charge on any atom is -0.391 e. The lowest BCUT2D eigenvalue weighted by molar-refractivity contribution is -0.117. The van der Waals surface area contributed by atoms with Crippen LogP contribution in [0, 0.1) is 5.92 Å². The molecule has 0 radical (unpaired) electrons. The lowest BCUT2D eigenvalue weighted by Crippen LogP contribution is -2.18. The zero-order chi connectivity index (χ0) is 17.8. The molecule has 136 valence electrons. The molecule has 4 nitrogen and oxygen atoms in total. The van der Waals surface area contributed by atoms with E-state index in [9.17, 15) is 9.90 Å². The minimum atomic E-state index is -0.389. The molecular formula is C20H27BrN2O2. The van der Waals surface area contributed by atoms with Gasteiger partial charge >= 0.3 is 0 Å². The van der Waals surface area contributed by atoms with Gasteiger partial charge in [-0.05, 0) is 37.3 Å². The van der Waals surface area contributed by atoms with E-state index in [0.29, 0.717) is 25.3 Å². The van der Waals surface area contributed by atoms with Crippen molar-refractivity contribution in [3.63, 3.8) is 0 Å². The summed E-state index contributed by atoms with van der Waals surface area (Å²) >= 11 is 3.61. The van der Waals surface area contributed by atoms with Gasteiger partial charge in [-0.2, -0.15) is 0 Å². The molecular weight excluding hydrogens is 380 g/mol.